The first-order chi connectivity index (χ1) is 16.9. The highest BCUT2D eigenvalue weighted by molar-refractivity contribution is 5.71. The summed E-state index contributed by atoms with van der Waals surface area (Å²) in [7, 11) is 3.59. The number of hydrogen-bond donors (Lipinski definition) is 2. The maximum atomic E-state index is 9.99. The molecule has 0 aliphatic heterocycles. The summed E-state index contributed by atoms with van der Waals surface area (Å²) in [4.78, 5) is 10.0. The number of aliphatic hydroxyl groups is 1. The van der Waals surface area contributed by atoms with E-state index in [1.54, 1.807) is 14.2 Å². The van der Waals surface area contributed by atoms with E-state index in [0.29, 0.717) is 30.1 Å². The molecule has 188 valence electrons. The van der Waals surface area contributed by atoms with Crippen LogP contribution in [-0.2, 0) is 11.2 Å². The SMILES string of the molecule is CNCC(O)COc1cccc(-c2nc(C[C@H]3CC[C@H](OC)C3)c(C)c(-c3c(C)noc3C)n2)c1. The minimum Gasteiger partial charge on any atom is -0.491 e. The Labute approximate surface area is 207 Å². The van der Waals surface area contributed by atoms with E-state index in [-0.39, 0.29) is 6.61 Å². The van der Waals surface area contributed by atoms with Gasteiger partial charge in [0.25, 0.3) is 0 Å². The largest absolute Gasteiger partial charge is 0.491 e. The third kappa shape index (κ3) is 5.89. The maximum Gasteiger partial charge on any atom is 0.160 e. The van der Waals surface area contributed by atoms with Crippen molar-refractivity contribution in [3.63, 3.8) is 0 Å². The number of ether oxygens (including phenoxy) is 2. The second-order valence-corrected chi connectivity index (χ2v) is 9.46. The fourth-order valence-corrected chi connectivity index (χ4v) is 4.87. The van der Waals surface area contributed by atoms with Crippen molar-refractivity contribution in [1.82, 2.24) is 20.4 Å². The van der Waals surface area contributed by atoms with Crippen molar-refractivity contribution in [2.24, 2.45) is 5.92 Å². The molecule has 2 N–H and O–H groups in total. The van der Waals surface area contributed by atoms with Crippen LogP contribution in [0, 0.1) is 26.7 Å². The molecule has 1 aliphatic carbocycles. The molecule has 0 spiro atoms. The Morgan fingerprint density at radius 2 is 2.03 bits per heavy atom. The van der Waals surface area contributed by atoms with Crippen LogP contribution in [0.25, 0.3) is 22.6 Å². The smallest absolute Gasteiger partial charge is 0.160 e. The van der Waals surface area contributed by atoms with Crippen molar-refractivity contribution in [3.05, 3.63) is 47.0 Å². The number of hydrogen-bond acceptors (Lipinski definition) is 8. The summed E-state index contributed by atoms with van der Waals surface area (Å²) < 4.78 is 16.9. The van der Waals surface area contributed by atoms with Gasteiger partial charge in [0.05, 0.1) is 23.1 Å². The van der Waals surface area contributed by atoms with E-state index in [0.717, 1.165) is 65.2 Å². The molecule has 0 amide bonds. The van der Waals surface area contributed by atoms with Gasteiger partial charge in [-0.3, -0.25) is 0 Å². The summed E-state index contributed by atoms with van der Waals surface area (Å²) in [5, 5.41) is 17.1. The molecule has 1 aromatic carbocycles. The molecular formula is C27H36N4O4. The second kappa shape index (κ2) is 11.3. The van der Waals surface area contributed by atoms with Crippen LogP contribution in [0.1, 0.15) is 42.0 Å². The molecule has 1 unspecified atom stereocenters. The Hall–Kier alpha value is -2.81. The highest BCUT2D eigenvalue weighted by Crippen LogP contribution is 2.35. The Morgan fingerprint density at radius 1 is 1.20 bits per heavy atom. The van der Waals surface area contributed by atoms with E-state index in [9.17, 15) is 5.11 Å². The Balaban J connectivity index is 1.70. The van der Waals surface area contributed by atoms with Crippen molar-refractivity contribution in [3.8, 4) is 28.4 Å². The third-order valence-corrected chi connectivity index (χ3v) is 6.80. The molecule has 0 saturated heterocycles. The zero-order valence-electron chi connectivity index (χ0n) is 21.3. The number of rotatable bonds is 10. The van der Waals surface area contributed by atoms with Gasteiger partial charge >= 0.3 is 0 Å². The lowest BCUT2D eigenvalue weighted by atomic mass is 9.96. The van der Waals surface area contributed by atoms with Crippen molar-refractivity contribution in [2.45, 2.75) is 58.7 Å². The van der Waals surface area contributed by atoms with Crippen molar-refractivity contribution in [2.75, 3.05) is 27.3 Å². The van der Waals surface area contributed by atoms with Gasteiger partial charge in [-0.05, 0) is 77.1 Å². The van der Waals surface area contributed by atoms with E-state index in [4.69, 9.17) is 24.0 Å². The summed E-state index contributed by atoms with van der Waals surface area (Å²) in [5.41, 5.74) is 5.57. The first-order valence-corrected chi connectivity index (χ1v) is 12.3. The predicted molar refractivity (Wildman–Crippen MR) is 134 cm³/mol. The average Bonchev–Trinajstić information content (AvgIpc) is 3.45. The summed E-state index contributed by atoms with van der Waals surface area (Å²) in [6.45, 7) is 6.62. The molecule has 8 heteroatoms. The number of aromatic nitrogens is 3. The second-order valence-electron chi connectivity index (χ2n) is 9.46. The van der Waals surface area contributed by atoms with Crippen LogP contribution in [0.5, 0.6) is 5.75 Å². The molecule has 0 radical (unpaired) electrons. The fourth-order valence-electron chi connectivity index (χ4n) is 4.87. The van der Waals surface area contributed by atoms with Gasteiger partial charge in [0.1, 0.15) is 24.2 Å². The van der Waals surface area contributed by atoms with E-state index in [2.05, 4.69) is 17.4 Å². The van der Waals surface area contributed by atoms with Crippen LogP contribution >= 0.6 is 0 Å². The highest BCUT2D eigenvalue weighted by Gasteiger charge is 2.27. The van der Waals surface area contributed by atoms with E-state index in [1.807, 2.05) is 38.1 Å². The molecule has 8 nitrogen and oxygen atoms in total. The lowest BCUT2D eigenvalue weighted by molar-refractivity contribution is 0.105. The molecule has 4 rings (SSSR count). The van der Waals surface area contributed by atoms with Crippen LogP contribution in [0.3, 0.4) is 0 Å². The normalized spacial score (nSPS) is 18.7. The lowest BCUT2D eigenvalue weighted by Crippen LogP contribution is -2.29. The monoisotopic (exact) mass is 480 g/mol. The van der Waals surface area contributed by atoms with E-state index in [1.165, 1.54) is 0 Å². The topological polar surface area (TPSA) is 103 Å². The molecule has 35 heavy (non-hydrogen) atoms. The Kier molecular flexibility index (Phi) is 8.15. The number of likely N-dealkylation sites (N-methyl/N-ethyl adjacent to an activating group) is 1. The van der Waals surface area contributed by atoms with Crippen molar-refractivity contribution in [1.29, 1.82) is 0 Å². The molecular weight excluding hydrogens is 444 g/mol. The number of benzene rings is 1. The van der Waals surface area contributed by atoms with Crippen LogP contribution in [0.15, 0.2) is 28.8 Å². The van der Waals surface area contributed by atoms with Crippen molar-refractivity contribution >= 4 is 0 Å². The summed E-state index contributed by atoms with van der Waals surface area (Å²) in [5.74, 6) is 2.59. The molecule has 1 saturated carbocycles. The Morgan fingerprint density at radius 3 is 2.71 bits per heavy atom. The molecule has 3 aromatic rings. The summed E-state index contributed by atoms with van der Waals surface area (Å²) in [6.07, 6.45) is 3.90. The molecule has 3 atom stereocenters. The van der Waals surface area contributed by atoms with Crippen molar-refractivity contribution < 1.29 is 19.1 Å². The molecule has 1 aliphatic rings. The van der Waals surface area contributed by atoms with E-state index < -0.39 is 6.10 Å². The average molecular weight is 481 g/mol. The zero-order valence-corrected chi connectivity index (χ0v) is 21.3. The Bertz CT molecular complexity index is 1130. The number of methoxy groups -OCH3 is 1. The van der Waals surface area contributed by atoms with Gasteiger partial charge in [-0.15, -0.1) is 0 Å². The van der Waals surface area contributed by atoms with Gasteiger partial charge in [-0.1, -0.05) is 17.3 Å². The van der Waals surface area contributed by atoms with E-state index >= 15 is 0 Å². The number of aliphatic hydroxyl groups excluding tert-OH is 1. The molecule has 2 aromatic heterocycles. The van der Waals surface area contributed by atoms with Crippen LogP contribution < -0.4 is 10.1 Å². The standard InChI is InChI=1S/C27H36N4O4/c1-16-24(12-19-9-10-22(11-19)33-5)29-27(30-26(16)25-17(2)31-35-18(25)3)20-7-6-8-23(13-20)34-15-21(32)14-28-4/h6-8,13,19,21-22,28,32H,9-12,14-15H2,1-5H3/t19-,21?,22-/m0/s1. The quantitative estimate of drug-likeness (QED) is 0.448. The lowest BCUT2D eigenvalue weighted by Gasteiger charge is -2.16. The fraction of sp³-hybridized carbons (Fsp3) is 0.519. The van der Waals surface area contributed by atoms with Crippen LogP contribution in [0.2, 0.25) is 0 Å². The maximum absolute atomic E-state index is 9.99. The third-order valence-electron chi connectivity index (χ3n) is 6.80. The van der Waals surface area contributed by atoms with Gasteiger partial charge in [-0.2, -0.15) is 0 Å². The number of nitrogens with one attached hydrogen (secondary N) is 1. The summed E-state index contributed by atoms with van der Waals surface area (Å²) >= 11 is 0. The van der Waals surface area contributed by atoms with Gasteiger partial charge in [0, 0.05) is 24.9 Å². The van der Waals surface area contributed by atoms with Gasteiger partial charge in [0.2, 0.25) is 0 Å². The molecule has 0 bridgehead atoms. The zero-order chi connectivity index (χ0) is 24.9. The predicted octanol–water partition coefficient (Wildman–Crippen LogP) is 4.04. The van der Waals surface area contributed by atoms with Crippen LogP contribution in [-0.4, -0.2) is 59.7 Å². The minimum atomic E-state index is -0.584. The first kappa shape index (κ1) is 25.3. The molecule has 1 fully saturated rings. The number of aryl methyl sites for hydroxylation is 2. The van der Waals surface area contributed by atoms with Gasteiger partial charge < -0.3 is 24.4 Å². The minimum absolute atomic E-state index is 0.205. The van der Waals surface area contributed by atoms with Gasteiger partial charge in [-0.25, -0.2) is 9.97 Å². The molecule has 2 heterocycles. The first-order valence-electron chi connectivity index (χ1n) is 12.3. The number of nitrogens with zero attached hydrogens (tertiary/aromatic N) is 3. The summed E-state index contributed by atoms with van der Waals surface area (Å²) in [6, 6.07) is 7.71. The van der Waals surface area contributed by atoms with Crippen LogP contribution in [0.4, 0.5) is 0 Å². The van der Waals surface area contributed by atoms with Gasteiger partial charge in [0.15, 0.2) is 5.82 Å². The highest BCUT2D eigenvalue weighted by atomic mass is 16.5.